The molecule has 1 N–H and O–H groups in total. The first kappa shape index (κ1) is 8.57. The zero-order chi connectivity index (χ0) is 8.10. The number of nitrogens with zero attached hydrogens (tertiary/aromatic N) is 1. The zero-order valence-corrected chi connectivity index (χ0v) is 7.56. The lowest BCUT2D eigenvalue weighted by Crippen LogP contribution is -2.32. The molecule has 1 aliphatic heterocycles. The van der Waals surface area contributed by atoms with Crippen molar-refractivity contribution in [2.45, 2.75) is 45.6 Å². The summed E-state index contributed by atoms with van der Waals surface area (Å²) >= 11 is 0. The van der Waals surface area contributed by atoms with E-state index in [4.69, 9.17) is 0 Å². The van der Waals surface area contributed by atoms with Gasteiger partial charge in [-0.2, -0.15) is 0 Å². The van der Waals surface area contributed by atoms with Gasteiger partial charge in [-0.15, -0.1) is 0 Å². The van der Waals surface area contributed by atoms with Crippen LogP contribution in [0.25, 0.3) is 0 Å². The topological polar surface area (TPSA) is 24.4 Å². The fraction of sp³-hybridized carbons (Fsp3) is 0.889. The summed E-state index contributed by atoms with van der Waals surface area (Å²) in [5.41, 5.74) is 0. The first-order valence-electron chi connectivity index (χ1n) is 4.66. The second kappa shape index (κ2) is 4.37. The van der Waals surface area contributed by atoms with E-state index in [2.05, 4.69) is 24.2 Å². The Morgan fingerprint density at radius 1 is 1.45 bits per heavy atom. The molecule has 11 heavy (non-hydrogen) atoms. The maximum absolute atomic E-state index is 4.38. The molecule has 2 nitrogen and oxygen atoms in total. The van der Waals surface area contributed by atoms with Crippen molar-refractivity contribution < 1.29 is 0 Å². The van der Waals surface area contributed by atoms with Gasteiger partial charge in [0, 0.05) is 19.0 Å². The minimum Gasteiger partial charge on any atom is -0.371 e. The fourth-order valence-electron chi connectivity index (χ4n) is 1.39. The minimum absolute atomic E-state index is 0.645. The van der Waals surface area contributed by atoms with Gasteiger partial charge < -0.3 is 5.32 Å². The predicted octanol–water partition coefficient (Wildman–Crippen LogP) is 1.96. The summed E-state index contributed by atoms with van der Waals surface area (Å²) in [5, 5.41) is 3.47. The van der Waals surface area contributed by atoms with Crippen LogP contribution in [0, 0.1) is 0 Å². The molecule has 0 unspecified atom stereocenters. The third kappa shape index (κ3) is 2.52. The Bertz CT molecular complexity index is 136. The highest BCUT2D eigenvalue weighted by Gasteiger charge is 2.09. The van der Waals surface area contributed by atoms with Crippen LogP contribution in [0.3, 0.4) is 0 Å². The molecule has 0 aliphatic carbocycles. The fourth-order valence-corrected chi connectivity index (χ4v) is 1.39. The maximum Gasteiger partial charge on any atom is 0.0965 e. The second-order valence-electron chi connectivity index (χ2n) is 3.09. The van der Waals surface area contributed by atoms with Crippen molar-refractivity contribution in [2.24, 2.45) is 4.99 Å². The standard InChI is InChI=1S/C9H18N2/c1-3-8(4-2)11-9-6-5-7-10-9/h8H,3-7H2,1-2H3,(H,10,11). The van der Waals surface area contributed by atoms with Crippen LogP contribution in [0.15, 0.2) is 4.99 Å². The third-order valence-corrected chi connectivity index (χ3v) is 2.23. The quantitative estimate of drug-likeness (QED) is 0.660. The number of rotatable bonds is 3. The highest BCUT2D eigenvalue weighted by atomic mass is 15.0. The largest absolute Gasteiger partial charge is 0.371 e. The number of hydrogen-bond donors (Lipinski definition) is 1. The summed E-state index contributed by atoms with van der Waals surface area (Å²) < 4.78 is 0. The molecule has 0 spiro atoms. The van der Waals surface area contributed by atoms with Gasteiger partial charge in [0.2, 0.25) is 0 Å². The molecule has 0 amide bonds. The van der Waals surface area contributed by atoms with Gasteiger partial charge in [0.25, 0.3) is 0 Å². The average Bonchev–Trinajstić information content (AvgIpc) is 2.52. The molecule has 0 aromatic rings. The van der Waals surface area contributed by atoms with Gasteiger partial charge >= 0.3 is 0 Å². The molecule has 0 aromatic heterocycles. The van der Waals surface area contributed by atoms with Crippen molar-refractivity contribution in [3.05, 3.63) is 0 Å². The van der Waals surface area contributed by atoms with Gasteiger partial charge in [0.15, 0.2) is 0 Å². The molecule has 0 radical (unpaired) electrons. The smallest absolute Gasteiger partial charge is 0.0965 e. The van der Waals surface area contributed by atoms with Crippen LogP contribution in [-0.2, 0) is 0 Å². The van der Waals surface area contributed by atoms with E-state index < -0.39 is 0 Å². The number of nitrogens with one attached hydrogen (secondary N) is 1. The summed E-state index contributed by atoms with van der Waals surface area (Å²) in [6, 6.07) is 0.645. The SMILES string of the molecule is CCC(CC)NC1=NCCC1. The molecule has 64 valence electrons. The molecule has 2 heteroatoms. The van der Waals surface area contributed by atoms with Crippen LogP contribution in [-0.4, -0.2) is 18.4 Å². The monoisotopic (exact) mass is 154 g/mol. The second-order valence-corrected chi connectivity index (χ2v) is 3.09. The number of aliphatic imine (C=N–C) groups is 1. The van der Waals surface area contributed by atoms with Gasteiger partial charge in [0.1, 0.15) is 0 Å². The molecule has 0 saturated carbocycles. The highest BCUT2D eigenvalue weighted by Crippen LogP contribution is 2.04. The normalized spacial score (nSPS) is 17.2. The van der Waals surface area contributed by atoms with Crippen LogP contribution in [0.2, 0.25) is 0 Å². The van der Waals surface area contributed by atoms with Crippen LogP contribution < -0.4 is 5.32 Å². The predicted molar refractivity (Wildman–Crippen MR) is 49.0 cm³/mol. The average molecular weight is 154 g/mol. The highest BCUT2D eigenvalue weighted by molar-refractivity contribution is 5.83. The molecule has 0 aromatic carbocycles. The van der Waals surface area contributed by atoms with Gasteiger partial charge in [-0.3, -0.25) is 4.99 Å². The lowest BCUT2D eigenvalue weighted by atomic mass is 10.1. The molecule has 0 atom stereocenters. The van der Waals surface area contributed by atoms with Crippen molar-refractivity contribution in [1.29, 1.82) is 0 Å². The van der Waals surface area contributed by atoms with Crippen molar-refractivity contribution in [2.75, 3.05) is 6.54 Å². The van der Waals surface area contributed by atoms with Gasteiger partial charge in [-0.1, -0.05) is 13.8 Å². The van der Waals surface area contributed by atoms with E-state index in [1.165, 1.54) is 25.1 Å². The van der Waals surface area contributed by atoms with E-state index >= 15 is 0 Å². The van der Waals surface area contributed by atoms with Crippen LogP contribution >= 0.6 is 0 Å². The first-order valence-corrected chi connectivity index (χ1v) is 4.66. The molecule has 1 aliphatic rings. The van der Waals surface area contributed by atoms with Crippen LogP contribution in [0.1, 0.15) is 39.5 Å². The Morgan fingerprint density at radius 2 is 2.18 bits per heavy atom. The van der Waals surface area contributed by atoms with E-state index in [-0.39, 0.29) is 0 Å². The molecular weight excluding hydrogens is 136 g/mol. The van der Waals surface area contributed by atoms with Gasteiger partial charge in [-0.25, -0.2) is 0 Å². The zero-order valence-electron chi connectivity index (χ0n) is 7.56. The molecule has 0 bridgehead atoms. The van der Waals surface area contributed by atoms with E-state index in [0.29, 0.717) is 6.04 Å². The molecule has 1 rings (SSSR count). The summed E-state index contributed by atoms with van der Waals surface area (Å²) in [6.45, 7) is 5.47. The van der Waals surface area contributed by atoms with Crippen molar-refractivity contribution >= 4 is 5.84 Å². The van der Waals surface area contributed by atoms with Crippen molar-refractivity contribution in [1.82, 2.24) is 5.32 Å². The summed E-state index contributed by atoms with van der Waals surface area (Å²) in [7, 11) is 0. The molecular formula is C9H18N2. The molecule has 0 fully saturated rings. The lowest BCUT2D eigenvalue weighted by molar-refractivity contribution is 0.567. The van der Waals surface area contributed by atoms with Crippen LogP contribution in [0.5, 0.6) is 0 Å². The molecule has 0 saturated heterocycles. The Morgan fingerprint density at radius 3 is 2.64 bits per heavy atom. The number of hydrogen-bond acceptors (Lipinski definition) is 2. The van der Waals surface area contributed by atoms with E-state index in [1.807, 2.05) is 0 Å². The van der Waals surface area contributed by atoms with Crippen molar-refractivity contribution in [3.8, 4) is 0 Å². The summed E-state index contributed by atoms with van der Waals surface area (Å²) in [6.07, 6.45) is 4.81. The Hall–Kier alpha value is -0.530. The van der Waals surface area contributed by atoms with E-state index in [9.17, 15) is 0 Å². The summed E-state index contributed by atoms with van der Waals surface area (Å²) in [5.74, 6) is 1.23. The third-order valence-electron chi connectivity index (χ3n) is 2.23. The van der Waals surface area contributed by atoms with Gasteiger partial charge in [0.05, 0.1) is 5.84 Å². The van der Waals surface area contributed by atoms with Crippen LogP contribution in [0.4, 0.5) is 0 Å². The minimum atomic E-state index is 0.645. The van der Waals surface area contributed by atoms with Gasteiger partial charge in [-0.05, 0) is 19.3 Å². The maximum atomic E-state index is 4.38. The Balaban J connectivity index is 2.27. The van der Waals surface area contributed by atoms with E-state index in [0.717, 1.165) is 13.0 Å². The summed E-state index contributed by atoms with van der Waals surface area (Å²) in [4.78, 5) is 4.38. The lowest BCUT2D eigenvalue weighted by Gasteiger charge is -2.15. The molecule has 1 heterocycles. The Kier molecular flexibility index (Phi) is 3.40. The first-order chi connectivity index (χ1) is 5.36. The number of amidine groups is 1. The Labute approximate surface area is 69.1 Å². The van der Waals surface area contributed by atoms with E-state index in [1.54, 1.807) is 0 Å². The van der Waals surface area contributed by atoms with Crippen molar-refractivity contribution in [3.63, 3.8) is 0 Å².